The third-order valence-corrected chi connectivity index (χ3v) is 2.66. The van der Waals surface area contributed by atoms with Crippen LogP contribution in [0.4, 0.5) is 21.5 Å². The maximum Gasteiger partial charge on any atom is 0.269 e. The molecule has 0 spiro atoms. The predicted octanol–water partition coefficient (Wildman–Crippen LogP) is 2.78. The maximum atomic E-state index is 12.7. The summed E-state index contributed by atoms with van der Waals surface area (Å²) in [7, 11) is 0. The highest BCUT2D eigenvalue weighted by molar-refractivity contribution is 5.93. The van der Waals surface area contributed by atoms with Gasteiger partial charge >= 0.3 is 0 Å². The Morgan fingerprint density at radius 1 is 1.05 bits per heavy atom. The zero-order valence-electron chi connectivity index (χ0n) is 10.9. The highest BCUT2D eigenvalue weighted by Crippen LogP contribution is 2.15. The molecule has 0 saturated heterocycles. The van der Waals surface area contributed by atoms with E-state index in [1.54, 1.807) is 0 Å². The number of hydrogen-bond acceptors (Lipinski definition) is 4. The smallest absolute Gasteiger partial charge is 0.269 e. The molecule has 2 N–H and O–H groups in total. The van der Waals surface area contributed by atoms with E-state index in [0.717, 1.165) is 0 Å². The lowest BCUT2D eigenvalue weighted by Gasteiger charge is -2.07. The summed E-state index contributed by atoms with van der Waals surface area (Å²) in [5.41, 5.74) is 1.07. The van der Waals surface area contributed by atoms with E-state index in [9.17, 15) is 19.3 Å². The van der Waals surface area contributed by atoms with E-state index in [1.807, 2.05) is 0 Å². The van der Waals surface area contributed by atoms with Gasteiger partial charge < -0.3 is 10.6 Å². The van der Waals surface area contributed by atoms with Gasteiger partial charge in [0.05, 0.1) is 11.5 Å². The van der Waals surface area contributed by atoms with Crippen molar-refractivity contribution in [1.82, 2.24) is 0 Å². The highest BCUT2D eigenvalue weighted by Gasteiger charge is 2.05. The number of anilines is 2. The molecule has 2 aromatic carbocycles. The number of carbonyl (C=O) groups is 1. The Morgan fingerprint density at radius 3 is 2.19 bits per heavy atom. The minimum atomic E-state index is -0.495. The molecule has 7 heteroatoms. The zero-order chi connectivity index (χ0) is 15.2. The third kappa shape index (κ3) is 4.27. The van der Waals surface area contributed by atoms with Crippen molar-refractivity contribution in [2.75, 3.05) is 17.2 Å². The van der Waals surface area contributed by atoms with Gasteiger partial charge in [-0.15, -0.1) is 0 Å². The number of nitro groups is 1. The molecule has 6 nitrogen and oxygen atoms in total. The SMILES string of the molecule is O=C(CNc1ccc([N+](=O)[O-])cc1)Nc1ccc(F)cc1. The van der Waals surface area contributed by atoms with Gasteiger partial charge in [-0.25, -0.2) is 4.39 Å². The molecule has 0 atom stereocenters. The van der Waals surface area contributed by atoms with Gasteiger partial charge in [0, 0.05) is 23.5 Å². The number of amides is 1. The van der Waals surface area contributed by atoms with E-state index in [4.69, 9.17) is 0 Å². The van der Waals surface area contributed by atoms with Crippen molar-refractivity contribution >= 4 is 23.0 Å². The van der Waals surface area contributed by atoms with Crippen LogP contribution in [0.15, 0.2) is 48.5 Å². The van der Waals surface area contributed by atoms with Crippen LogP contribution in [-0.2, 0) is 4.79 Å². The Kier molecular flexibility index (Phi) is 4.45. The molecule has 0 heterocycles. The van der Waals surface area contributed by atoms with Crippen molar-refractivity contribution in [3.63, 3.8) is 0 Å². The molecule has 108 valence electrons. The predicted molar refractivity (Wildman–Crippen MR) is 76.6 cm³/mol. The number of benzene rings is 2. The van der Waals surface area contributed by atoms with Gasteiger partial charge in [-0.05, 0) is 36.4 Å². The van der Waals surface area contributed by atoms with Crippen LogP contribution < -0.4 is 10.6 Å². The summed E-state index contributed by atoms with van der Waals surface area (Å²) in [6.07, 6.45) is 0. The summed E-state index contributed by atoms with van der Waals surface area (Å²) in [6.45, 7) is -0.00477. The molecule has 0 bridgehead atoms. The number of nitrogens with zero attached hydrogens (tertiary/aromatic N) is 1. The number of rotatable bonds is 5. The molecule has 0 aliphatic heterocycles. The molecule has 0 unspecified atom stereocenters. The summed E-state index contributed by atoms with van der Waals surface area (Å²) in [5.74, 6) is -0.683. The highest BCUT2D eigenvalue weighted by atomic mass is 19.1. The van der Waals surface area contributed by atoms with Crippen molar-refractivity contribution in [3.05, 3.63) is 64.5 Å². The van der Waals surface area contributed by atoms with Gasteiger partial charge in [-0.2, -0.15) is 0 Å². The quantitative estimate of drug-likeness (QED) is 0.654. The molecule has 0 saturated carbocycles. The van der Waals surface area contributed by atoms with E-state index in [1.165, 1.54) is 48.5 Å². The number of hydrogen-bond donors (Lipinski definition) is 2. The Bertz CT molecular complexity index is 642. The molecule has 0 radical (unpaired) electrons. The van der Waals surface area contributed by atoms with Crippen molar-refractivity contribution < 1.29 is 14.1 Å². The van der Waals surface area contributed by atoms with E-state index < -0.39 is 4.92 Å². The zero-order valence-corrected chi connectivity index (χ0v) is 10.9. The summed E-state index contributed by atoms with van der Waals surface area (Å²) in [4.78, 5) is 21.7. The molecule has 0 aliphatic carbocycles. The van der Waals surface area contributed by atoms with E-state index in [-0.39, 0.29) is 24.0 Å². The Morgan fingerprint density at radius 2 is 1.62 bits per heavy atom. The number of nitrogens with one attached hydrogen (secondary N) is 2. The number of nitro benzene ring substituents is 1. The monoisotopic (exact) mass is 289 g/mol. The Hall–Kier alpha value is -2.96. The molecular weight excluding hydrogens is 277 g/mol. The molecule has 0 fully saturated rings. The number of halogens is 1. The molecule has 0 aliphatic rings. The number of non-ortho nitro benzene ring substituents is 1. The number of carbonyl (C=O) groups excluding carboxylic acids is 1. The topological polar surface area (TPSA) is 84.3 Å². The Labute approximate surface area is 119 Å². The van der Waals surface area contributed by atoms with Gasteiger partial charge in [0.1, 0.15) is 5.82 Å². The largest absolute Gasteiger partial charge is 0.376 e. The van der Waals surface area contributed by atoms with Crippen LogP contribution in [0.3, 0.4) is 0 Å². The lowest BCUT2D eigenvalue weighted by Crippen LogP contribution is -2.21. The first kappa shape index (κ1) is 14.4. The summed E-state index contributed by atoms with van der Waals surface area (Å²) in [5, 5.41) is 15.9. The normalized spacial score (nSPS) is 9.95. The van der Waals surface area contributed by atoms with Gasteiger partial charge in [-0.3, -0.25) is 14.9 Å². The Balaban J connectivity index is 1.86. The van der Waals surface area contributed by atoms with Crippen LogP contribution in [0.1, 0.15) is 0 Å². The molecule has 2 rings (SSSR count). The lowest BCUT2D eigenvalue weighted by atomic mass is 10.3. The van der Waals surface area contributed by atoms with Crippen molar-refractivity contribution in [1.29, 1.82) is 0 Å². The molecule has 1 amide bonds. The third-order valence-electron chi connectivity index (χ3n) is 2.66. The van der Waals surface area contributed by atoms with Crippen LogP contribution >= 0.6 is 0 Å². The minimum Gasteiger partial charge on any atom is -0.376 e. The van der Waals surface area contributed by atoms with E-state index in [2.05, 4.69) is 10.6 Å². The van der Waals surface area contributed by atoms with Crippen molar-refractivity contribution in [3.8, 4) is 0 Å². The van der Waals surface area contributed by atoms with Crippen LogP contribution in [0.5, 0.6) is 0 Å². The first-order valence-electron chi connectivity index (χ1n) is 6.08. The first-order chi connectivity index (χ1) is 10.0. The van der Waals surface area contributed by atoms with Crippen molar-refractivity contribution in [2.24, 2.45) is 0 Å². The van der Waals surface area contributed by atoms with Crippen LogP contribution in [0.2, 0.25) is 0 Å². The lowest BCUT2D eigenvalue weighted by molar-refractivity contribution is -0.384. The van der Waals surface area contributed by atoms with Gasteiger partial charge in [0.2, 0.25) is 5.91 Å². The fraction of sp³-hybridized carbons (Fsp3) is 0.0714. The minimum absolute atomic E-state index is 0.00477. The van der Waals surface area contributed by atoms with Gasteiger partial charge in [0.25, 0.3) is 5.69 Å². The second kappa shape index (κ2) is 6.47. The molecule has 0 aromatic heterocycles. The fourth-order valence-electron chi connectivity index (χ4n) is 1.62. The van der Waals surface area contributed by atoms with E-state index >= 15 is 0 Å². The average molecular weight is 289 g/mol. The maximum absolute atomic E-state index is 12.7. The van der Waals surface area contributed by atoms with Gasteiger partial charge in [-0.1, -0.05) is 0 Å². The van der Waals surface area contributed by atoms with Crippen molar-refractivity contribution in [2.45, 2.75) is 0 Å². The van der Waals surface area contributed by atoms with Crippen LogP contribution in [-0.4, -0.2) is 17.4 Å². The molecule has 2 aromatic rings. The summed E-state index contributed by atoms with van der Waals surface area (Å²) < 4.78 is 12.7. The second-order valence-corrected chi connectivity index (χ2v) is 4.21. The van der Waals surface area contributed by atoms with Crippen LogP contribution in [0, 0.1) is 15.9 Å². The van der Waals surface area contributed by atoms with E-state index in [0.29, 0.717) is 11.4 Å². The first-order valence-corrected chi connectivity index (χ1v) is 6.08. The second-order valence-electron chi connectivity index (χ2n) is 4.21. The van der Waals surface area contributed by atoms with Crippen LogP contribution in [0.25, 0.3) is 0 Å². The summed E-state index contributed by atoms with van der Waals surface area (Å²) in [6, 6.07) is 11.1. The molecular formula is C14H12FN3O3. The average Bonchev–Trinajstić information content (AvgIpc) is 2.48. The fourth-order valence-corrected chi connectivity index (χ4v) is 1.62. The summed E-state index contributed by atoms with van der Waals surface area (Å²) >= 11 is 0. The molecule has 21 heavy (non-hydrogen) atoms. The van der Waals surface area contributed by atoms with Gasteiger partial charge in [0.15, 0.2) is 0 Å². The standard InChI is InChI=1S/C14H12FN3O3/c15-10-1-3-12(4-2-10)17-14(19)9-16-11-5-7-13(8-6-11)18(20)21/h1-8,16H,9H2,(H,17,19).